The van der Waals surface area contributed by atoms with E-state index in [1.807, 2.05) is 52.0 Å². The number of amides is 1. The van der Waals surface area contributed by atoms with Gasteiger partial charge in [0.25, 0.3) is 0 Å². The van der Waals surface area contributed by atoms with Gasteiger partial charge in [-0.2, -0.15) is 0 Å². The predicted octanol–water partition coefficient (Wildman–Crippen LogP) is 3.93. The van der Waals surface area contributed by atoms with E-state index in [4.69, 9.17) is 15.2 Å². The van der Waals surface area contributed by atoms with Crippen LogP contribution in [-0.2, 0) is 22.4 Å². The van der Waals surface area contributed by atoms with Gasteiger partial charge in [0.1, 0.15) is 5.75 Å². The standard InChI is InChI=1S/C24H30N2O4/c1-15(2)14-29-24(28)30-19-11-16(3)20(17(4)12-19)13-21(25)23(27)26-10-9-18-7-5-6-8-22(18)26/h5-8,11-12,15,21H,9-10,13-14,25H2,1-4H3. The second-order valence-corrected chi connectivity index (χ2v) is 8.27. The molecule has 1 heterocycles. The third-order valence-electron chi connectivity index (χ3n) is 5.30. The largest absolute Gasteiger partial charge is 0.513 e. The number of carbonyl (C=O) groups is 2. The second-order valence-electron chi connectivity index (χ2n) is 8.27. The van der Waals surface area contributed by atoms with Gasteiger partial charge < -0.3 is 20.1 Å². The first-order chi connectivity index (χ1) is 14.3. The summed E-state index contributed by atoms with van der Waals surface area (Å²) in [6, 6.07) is 10.9. The van der Waals surface area contributed by atoms with Crippen LogP contribution in [0.4, 0.5) is 10.5 Å². The molecule has 0 radical (unpaired) electrons. The number of nitrogens with zero attached hydrogens (tertiary/aromatic N) is 1. The molecule has 1 atom stereocenters. The summed E-state index contributed by atoms with van der Waals surface area (Å²) in [6.07, 6.45) is 0.564. The molecule has 0 aliphatic carbocycles. The molecule has 160 valence electrons. The van der Waals surface area contributed by atoms with Crippen LogP contribution in [0.25, 0.3) is 0 Å². The normalized spacial score (nSPS) is 13.9. The highest BCUT2D eigenvalue weighted by Crippen LogP contribution is 2.29. The van der Waals surface area contributed by atoms with E-state index in [2.05, 4.69) is 0 Å². The molecule has 0 fully saturated rings. The molecule has 0 bridgehead atoms. The predicted molar refractivity (Wildman–Crippen MR) is 117 cm³/mol. The SMILES string of the molecule is Cc1cc(OC(=O)OCC(C)C)cc(C)c1CC(N)C(=O)N1CCc2ccccc21. The van der Waals surface area contributed by atoms with Crippen molar-refractivity contribution in [1.82, 2.24) is 0 Å². The van der Waals surface area contributed by atoms with Crippen LogP contribution in [0, 0.1) is 19.8 Å². The summed E-state index contributed by atoms with van der Waals surface area (Å²) in [7, 11) is 0. The summed E-state index contributed by atoms with van der Waals surface area (Å²) in [5.41, 5.74) is 11.3. The number of hydrogen-bond acceptors (Lipinski definition) is 5. The molecular formula is C24H30N2O4. The van der Waals surface area contributed by atoms with E-state index >= 15 is 0 Å². The van der Waals surface area contributed by atoms with Crippen molar-refractivity contribution in [2.24, 2.45) is 11.7 Å². The van der Waals surface area contributed by atoms with Crippen LogP contribution in [-0.4, -0.2) is 31.3 Å². The van der Waals surface area contributed by atoms with Crippen LogP contribution in [0.15, 0.2) is 36.4 Å². The van der Waals surface area contributed by atoms with Gasteiger partial charge >= 0.3 is 6.16 Å². The van der Waals surface area contributed by atoms with Gasteiger partial charge in [0, 0.05) is 12.2 Å². The number of nitrogens with two attached hydrogens (primary N) is 1. The summed E-state index contributed by atoms with van der Waals surface area (Å²) in [6.45, 7) is 8.75. The van der Waals surface area contributed by atoms with Crippen molar-refractivity contribution in [1.29, 1.82) is 0 Å². The van der Waals surface area contributed by atoms with Gasteiger partial charge in [0.2, 0.25) is 5.91 Å². The van der Waals surface area contributed by atoms with Gasteiger partial charge in [0.05, 0.1) is 12.6 Å². The number of aryl methyl sites for hydroxylation is 2. The summed E-state index contributed by atoms with van der Waals surface area (Å²) in [5.74, 6) is 0.595. The highest BCUT2D eigenvalue weighted by molar-refractivity contribution is 5.99. The molecule has 0 saturated heterocycles. The number of ether oxygens (including phenoxy) is 2. The lowest BCUT2D eigenvalue weighted by Gasteiger charge is -2.23. The molecule has 0 spiro atoms. The van der Waals surface area contributed by atoms with Crippen molar-refractivity contribution >= 4 is 17.7 Å². The fourth-order valence-corrected chi connectivity index (χ4v) is 3.77. The van der Waals surface area contributed by atoms with Crippen LogP contribution < -0.4 is 15.4 Å². The molecule has 2 aromatic carbocycles. The van der Waals surface area contributed by atoms with E-state index in [0.29, 0.717) is 25.3 Å². The topological polar surface area (TPSA) is 81.9 Å². The maximum absolute atomic E-state index is 13.0. The summed E-state index contributed by atoms with van der Waals surface area (Å²) < 4.78 is 10.4. The minimum Gasteiger partial charge on any atom is -0.434 e. The first-order valence-corrected chi connectivity index (χ1v) is 10.4. The van der Waals surface area contributed by atoms with Gasteiger partial charge in [-0.15, -0.1) is 0 Å². The van der Waals surface area contributed by atoms with Crippen molar-refractivity contribution in [3.05, 3.63) is 58.7 Å². The Kier molecular flexibility index (Phi) is 6.77. The maximum Gasteiger partial charge on any atom is 0.513 e. The molecule has 6 nitrogen and oxygen atoms in total. The summed E-state index contributed by atoms with van der Waals surface area (Å²) in [5, 5.41) is 0. The van der Waals surface area contributed by atoms with Crippen molar-refractivity contribution in [3.63, 3.8) is 0 Å². The smallest absolute Gasteiger partial charge is 0.434 e. The average molecular weight is 411 g/mol. The Morgan fingerprint density at radius 2 is 1.80 bits per heavy atom. The van der Waals surface area contributed by atoms with Gasteiger partial charge in [-0.05, 0) is 73.1 Å². The Labute approximate surface area is 178 Å². The fraction of sp³-hybridized carbons (Fsp3) is 0.417. The van der Waals surface area contributed by atoms with Crippen molar-refractivity contribution < 1.29 is 19.1 Å². The average Bonchev–Trinajstić information content (AvgIpc) is 3.12. The third kappa shape index (κ3) is 5.00. The number of rotatable bonds is 6. The lowest BCUT2D eigenvalue weighted by Crippen LogP contribution is -2.44. The van der Waals surface area contributed by atoms with E-state index in [1.165, 1.54) is 5.56 Å². The molecule has 1 amide bonds. The quantitative estimate of drug-likeness (QED) is 0.576. The Bertz CT molecular complexity index is 916. The van der Waals surface area contributed by atoms with Crippen molar-refractivity contribution in [2.45, 2.75) is 46.6 Å². The fourth-order valence-electron chi connectivity index (χ4n) is 3.77. The summed E-state index contributed by atoms with van der Waals surface area (Å²) in [4.78, 5) is 26.6. The van der Waals surface area contributed by atoms with Crippen molar-refractivity contribution in [2.75, 3.05) is 18.1 Å². The van der Waals surface area contributed by atoms with Crippen LogP contribution in [0.2, 0.25) is 0 Å². The van der Waals surface area contributed by atoms with Crippen molar-refractivity contribution in [3.8, 4) is 5.75 Å². The molecule has 1 aliphatic rings. The first-order valence-electron chi connectivity index (χ1n) is 10.4. The van der Waals surface area contributed by atoms with E-state index in [9.17, 15) is 9.59 Å². The number of benzene rings is 2. The highest BCUT2D eigenvalue weighted by Gasteiger charge is 2.28. The van der Waals surface area contributed by atoms with Crippen LogP contribution in [0.5, 0.6) is 5.75 Å². The number of carbonyl (C=O) groups excluding carboxylic acids is 2. The van der Waals surface area contributed by atoms with E-state index in [1.54, 1.807) is 17.0 Å². The zero-order chi connectivity index (χ0) is 21.8. The number of para-hydroxylation sites is 1. The van der Waals surface area contributed by atoms with E-state index in [0.717, 1.165) is 28.8 Å². The maximum atomic E-state index is 13.0. The lowest BCUT2D eigenvalue weighted by molar-refractivity contribution is -0.119. The molecule has 3 rings (SSSR count). The van der Waals surface area contributed by atoms with Gasteiger partial charge in [-0.3, -0.25) is 4.79 Å². The van der Waals surface area contributed by atoms with Gasteiger partial charge in [-0.25, -0.2) is 4.79 Å². The van der Waals surface area contributed by atoms with Gasteiger partial charge in [-0.1, -0.05) is 32.0 Å². The van der Waals surface area contributed by atoms with E-state index in [-0.39, 0.29) is 11.8 Å². The van der Waals surface area contributed by atoms with Crippen LogP contribution in [0.1, 0.15) is 36.1 Å². The summed E-state index contributed by atoms with van der Waals surface area (Å²) >= 11 is 0. The zero-order valence-electron chi connectivity index (χ0n) is 18.1. The Balaban J connectivity index is 1.68. The monoisotopic (exact) mass is 410 g/mol. The lowest BCUT2D eigenvalue weighted by atomic mass is 9.95. The molecule has 1 unspecified atom stereocenters. The molecule has 30 heavy (non-hydrogen) atoms. The minimum absolute atomic E-state index is 0.0728. The Hall–Kier alpha value is -2.86. The van der Waals surface area contributed by atoms with E-state index < -0.39 is 12.2 Å². The number of hydrogen-bond donors (Lipinski definition) is 1. The second kappa shape index (κ2) is 9.30. The van der Waals surface area contributed by atoms with Gasteiger partial charge in [0.15, 0.2) is 0 Å². The Morgan fingerprint density at radius 3 is 2.47 bits per heavy atom. The van der Waals surface area contributed by atoms with Crippen LogP contribution in [0.3, 0.4) is 0 Å². The molecular weight excluding hydrogens is 380 g/mol. The molecule has 6 heteroatoms. The number of anilines is 1. The molecule has 1 aliphatic heterocycles. The van der Waals surface area contributed by atoms with Crippen LogP contribution >= 0.6 is 0 Å². The zero-order valence-corrected chi connectivity index (χ0v) is 18.1. The Morgan fingerprint density at radius 1 is 1.13 bits per heavy atom. The molecule has 0 aromatic heterocycles. The molecule has 2 aromatic rings. The minimum atomic E-state index is -0.713. The molecule has 0 saturated carbocycles. The number of fused-ring (bicyclic) bond motifs is 1. The first kappa shape index (κ1) is 21.8. The third-order valence-corrected chi connectivity index (χ3v) is 5.30. The highest BCUT2D eigenvalue weighted by atomic mass is 16.7. The molecule has 2 N–H and O–H groups in total.